The van der Waals surface area contributed by atoms with Gasteiger partial charge in [-0.15, -0.1) is 0 Å². The molecule has 2 atom stereocenters. The van der Waals surface area contributed by atoms with Crippen LogP contribution in [0.2, 0.25) is 0 Å². The van der Waals surface area contributed by atoms with Crippen molar-refractivity contribution in [1.29, 1.82) is 0 Å². The molecule has 1 aromatic heterocycles. The van der Waals surface area contributed by atoms with Crippen molar-refractivity contribution in [1.82, 2.24) is 20.5 Å². The standard InChI is InChI=1S/C36H42N4O6.H2S/c1-24(2)46-31(41)16-21-38-35(44)36(25-10-5-4-6-11-25)19-15-28(27-12-7-8-14-30(27)36)34(43)40-22-17-26(18-23-40)39-32(42)29-13-9-20-37-33(29)45-3;/h4-14,20,24,26,28H,15-19,21-23H2,1-3H3,(H,38,44)(H,39,42);1H2/t28-,36+;/m1./s1. The van der Waals surface area contributed by atoms with Crippen molar-refractivity contribution < 1.29 is 28.7 Å². The molecule has 0 saturated carbocycles. The molecule has 3 amide bonds. The average molecular weight is 661 g/mol. The minimum absolute atomic E-state index is 0. The molecular weight excluding hydrogens is 616 g/mol. The molecule has 250 valence electrons. The van der Waals surface area contributed by atoms with E-state index in [4.69, 9.17) is 9.47 Å². The molecule has 0 spiro atoms. The Morgan fingerprint density at radius 1 is 0.957 bits per heavy atom. The normalized spacial score (nSPS) is 19.1. The predicted molar refractivity (Wildman–Crippen MR) is 183 cm³/mol. The average Bonchev–Trinajstić information content (AvgIpc) is 3.07. The van der Waals surface area contributed by atoms with Crippen LogP contribution in [0.25, 0.3) is 0 Å². The zero-order chi connectivity index (χ0) is 32.7. The fourth-order valence-electron chi connectivity index (χ4n) is 6.69. The zero-order valence-electron chi connectivity index (χ0n) is 27.2. The second kappa shape index (κ2) is 15.9. The Labute approximate surface area is 283 Å². The van der Waals surface area contributed by atoms with E-state index in [9.17, 15) is 19.2 Å². The molecule has 3 aromatic rings. The summed E-state index contributed by atoms with van der Waals surface area (Å²) in [6.45, 7) is 4.77. The number of esters is 1. The Kier molecular flexibility index (Phi) is 12.0. The summed E-state index contributed by atoms with van der Waals surface area (Å²) in [5.74, 6) is -0.895. The molecule has 1 aliphatic carbocycles. The first-order valence-corrected chi connectivity index (χ1v) is 16.0. The van der Waals surface area contributed by atoms with Crippen LogP contribution in [0.5, 0.6) is 5.88 Å². The first kappa shape index (κ1) is 35.5. The van der Waals surface area contributed by atoms with E-state index in [1.165, 1.54) is 7.11 Å². The first-order chi connectivity index (χ1) is 22.2. The molecule has 1 fully saturated rings. The molecule has 2 aromatic carbocycles. The maximum absolute atomic E-state index is 14.1. The van der Waals surface area contributed by atoms with Crippen LogP contribution in [0.1, 0.15) is 78.9 Å². The van der Waals surface area contributed by atoms with E-state index in [-0.39, 0.29) is 68.2 Å². The second-order valence-corrected chi connectivity index (χ2v) is 12.1. The van der Waals surface area contributed by atoms with Crippen molar-refractivity contribution in [2.24, 2.45) is 0 Å². The van der Waals surface area contributed by atoms with Gasteiger partial charge >= 0.3 is 5.97 Å². The van der Waals surface area contributed by atoms with Gasteiger partial charge in [0.2, 0.25) is 17.7 Å². The van der Waals surface area contributed by atoms with Crippen molar-refractivity contribution >= 4 is 37.2 Å². The van der Waals surface area contributed by atoms with E-state index in [0.717, 1.165) is 16.7 Å². The van der Waals surface area contributed by atoms with Crippen LogP contribution in [0.3, 0.4) is 0 Å². The van der Waals surface area contributed by atoms with Crippen molar-refractivity contribution in [2.45, 2.75) is 69.4 Å². The van der Waals surface area contributed by atoms with Crippen LogP contribution in [0.15, 0.2) is 72.9 Å². The number of methoxy groups -OCH3 is 1. The number of piperidine rings is 1. The van der Waals surface area contributed by atoms with Crippen LogP contribution in [-0.2, 0) is 24.5 Å². The van der Waals surface area contributed by atoms with E-state index in [2.05, 4.69) is 15.6 Å². The van der Waals surface area contributed by atoms with Crippen molar-refractivity contribution in [3.05, 3.63) is 95.2 Å². The Morgan fingerprint density at radius 3 is 2.36 bits per heavy atom. The maximum atomic E-state index is 14.1. The Balaban J connectivity index is 0.00000500. The van der Waals surface area contributed by atoms with Gasteiger partial charge in [0.25, 0.3) is 5.91 Å². The molecule has 0 bridgehead atoms. The molecule has 1 saturated heterocycles. The predicted octanol–water partition coefficient (Wildman–Crippen LogP) is 4.25. The number of hydrogen-bond donors (Lipinski definition) is 2. The second-order valence-electron chi connectivity index (χ2n) is 12.1. The van der Waals surface area contributed by atoms with Gasteiger partial charge in [-0.25, -0.2) is 4.98 Å². The third-order valence-corrected chi connectivity index (χ3v) is 8.89. The number of carbonyl (C=O) groups is 4. The van der Waals surface area contributed by atoms with Crippen LogP contribution in [-0.4, -0.2) is 72.5 Å². The first-order valence-electron chi connectivity index (χ1n) is 16.0. The maximum Gasteiger partial charge on any atom is 0.307 e. The largest absolute Gasteiger partial charge is 0.480 e. The van der Waals surface area contributed by atoms with Crippen LogP contribution in [0.4, 0.5) is 0 Å². The zero-order valence-corrected chi connectivity index (χ0v) is 28.2. The van der Waals surface area contributed by atoms with Gasteiger partial charge in [-0.1, -0.05) is 54.6 Å². The van der Waals surface area contributed by atoms with Gasteiger partial charge in [0.1, 0.15) is 5.56 Å². The number of nitrogens with one attached hydrogen (secondary N) is 2. The third kappa shape index (κ3) is 7.78. The Bertz CT molecular complexity index is 1560. The number of nitrogens with zero attached hydrogens (tertiary/aromatic N) is 2. The number of pyridine rings is 1. The molecule has 0 unspecified atom stereocenters. The smallest absolute Gasteiger partial charge is 0.307 e. The number of aromatic nitrogens is 1. The number of benzene rings is 2. The van der Waals surface area contributed by atoms with Crippen LogP contribution in [0, 0.1) is 0 Å². The van der Waals surface area contributed by atoms with Gasteiger partial charge in [-0.2, -0.15) is 13.5 Å². The number of ether oxygens (including phenoxy) is 2. The molecule has 2 N–H and O–H groups in total. The number of carbonyl (C=O) groups excluding carboxylic acids is 4. The number of hydrogen-bond acceptors (Lipinski definition) is 7. The Hall–Kier alpha value is -4.38. The highest BCUT2D eigenvalue weighted by atomic mass is 32.1. The topological polar surface area (TPSA) is 127 Å². The van der Waals surface area contributed by atoms with Gasteiger partial charge in [0.15, 0.2) is 0 Å². The van der Waals surface area contributed by atoms with Crippen LogP contribution < -0.4 is 15.4 Å². The van der Waals surface area contributed by atoms with Crippen molar-refractivity contribution in [3.63, 3.8) is 0 Å². The lowest BCUT2D eigenvalue weighted by atomic mass is 9.62. The van der Waals surface area contributed by atoms with E-state index < -0.39 is 11.3 Å². The minimum atomic E-state index is -1.01. The molecule has 11 heteroatoms. The number of fused-ring (bicyclic) bond motifs is 1. The highest BCUT2D eigenvalue weighted by Gasteiger charge is 2.48. The summed E-state index contributed by atoms with van der Waals surface area (Å²) in [6, 6.07) is 20.7. The summed E-state index contributed by atoms with van der Waals surface area (Å²) in [7, 11) is 1.48. The molecule has 47 heavy (non-hydrogen) atoms. The molecule has 0 radical (unpaired) electrons. The molecule has 5 rings (SSSR count). The lowest BCUT2D eigenvalue weighted by molar-refractivity contribution is -0.147. The third-order valence-electron chi connectivity index (χ3n) is 8.89. The highest BCUT2D eigenvalue weighted by Crippen LogP contribution is 2.48. The summed E-state index contributed by atoms with van der Waals surface area (Å²) in [6.07, 6.45) is 3.61. The molecule has 1 aliphatic heterocycles. The Morgan fingerprint density at radius 2 is 1.66 bits per heavy atom. The highest BCUT2D eigenvalue weighted by molar-refractivity contribution is 7.59. The van der Waals surface area contributed by atoms with E-state index >= 15 is 0 Å². The molecule has 2 heterocycles. The summed E-state index contributed by atoms with van der Waals surface area (Å²) >= 11 is 0. The van der Waals surface area contributed by atoms with Crippen LogP contribution >= 0.6 is 13.5 Å². The molecular formula is C36H44N4O6S. The monoisotopic (exact) mass is 660 g/mol. The summed E-state index contributed by atoms with van der Waals surface area (Å²) in [5.41, 5.74) is 1.86. The summed E-state index contributed by atoms with van der Waals surface area (Å²) < 4.78 is 10.5. The minimum Gasteiger partial charge on any atom is -0.480 e. The van der Waals surface area contributed by atoms with E-state index in [1.54, 1.807) is 32.2 Å². The quantitative estimate of drug-likeness (QED) is 0.312. The van der Waals surface area contributed by atoms with Gasteiger partial charge in [0, 0.05) is 31.9 Å². The van der Waals surface area contributed by atoms with Gasteiger partial charge in [-0.3, -0.25) is 19.2 Å². The summed E-state index contributed by atoms with van der Waals surface area (Å²) in [5, 5.41) is 6.07. The number of likely N-dealkylation sites (tertiary alicyclic amines) is 1. The molecule has 10 nitrogen and oxygen atoms in total. The lowest BCUT2D eigenvalue weighted by Crippen LogP contribution is -2.51. The van der Waals surface area contributed by atoms with E-state index in [0.29, 0.717) is 44.3 Å². The number of rotatable bonds is 10. The fraction of sp³-hybridized carbons (Fsp3) is 0.417. The van der Waals surface area contributed by atoms with Gasteiger partial charge < -0.3 is 25.0 Å². The van der Waals surface area contributed by atoms with E-state index in [1.807, 2.05) is 59.5 Å². The number of amides is 3. The van der Waals surface area contributed by atoms with Crippen molar-refractivity contribution in [2.75, 3.05) is 26.7 Å². The van der Waals surface area contributed by atoms with Crippen molar-refractivity contribution in [3.8, 4) is 5.88 Å². The lowest BCUT2D eigenvalue weighted by Gasteiger charge is -2.42. The fourth-order valence-corrected chi connectivity index (χ4v) is 6.69. The van der Waals surface area contributed by atoms with Gasteiger partial charge in [-0.05, 0) is 68.4 Å². The SMILES string of the molecule is COc1ncccc1C(=O)NC1CCN(C(=O)[C@@H]2CC[C@](C(=O)NCCC(=O)OC(C)C)(c3ccccc3)c3ccccc32)CC1.S. The summed E-state index contributed by atoms with van der Waals surface area (Å²) in [4.78, 5) is 59.2. The molecule has 2 aliphatic rings. The van der Waals surface area contributed by atoms with Gasteiger partial charge in [0.05, 0.1) is 31.0 Å².